The zero-order valence-corrected chi connectivity index (χ0v) is 12.1. The van der Waals surface area contributed by atoms with Crippen LogP contribution in [-0.4, -0.2) is 36.0 Å². The lowest BCUT2D eigenvalue weighted by Gasteiger charge is -2.38. The Balaban J connectivity index is 1.91. The van der Waals surface area contributed by atoms with Gasteiger partial charge in [0.05, 0.1) is 6.04 Å². The number of nitrogens with one attached hydrogen (secondary N) is 1. The normalized spacial score (nSPS) is 37.3. The summed E-state index contributed by atoms with van der Waals surface area (Å²) in [6, 6.07) is 1.03. The number of nitrogens with zero attached hydrogens (tertiary/aromatic N) is 1. The van der Waals surface area contributed by atoms with Crippen LogP contribution in [0, 0.1) is 5.92 Å². The van der Waals surface area contributed by atoms with Crippen molar-refractivity contribution in [3.8, 4) is 0 Å². The second-order valence-electron chi connectivity index (χ2n) is 6.43. The third-order valence-corrected chi connectivity index (χ3v) is 4.72. The SMILES string of the molecule is CC1CCCC(N(C)C(=O)C2CCCC(C)N2)C1. The summed E-state index contributed by atoms with van der Waals surface area (Å²) in [6.07, 6.45) is 8.37. The molecule has 0 aromatic carbocycles. The Morgan fingerprint density at radius 3 is 2.50 bits per heavy atom. The van der Waals surface area contributed by atoms with E-state index in [4.69, 9.17) is 0 Å². The van der Waals surface area contributed by atoms with Crippen LogP contribution in [0.2, 0.25) is 0 Å². The van der Waals surface area contributed by atoms with Gasteiger partial charge in [-0.25, -0.2) is 0 Å². The molecule has 0 radical (unpaired) electrons. The number of amides is 1. The van der Waals surface area contributed by atoms with Crippen molar-refractivity contribution < 1.29 is 4.79 Å². The molecule has 4 atom stereocenters. The molecule has 18 heavy (non-hydrogen) atoms. The van der Waals surface area contributed by atoms with Crippen LogP contribution in [0.5, 0.6) is 0 Å². The first-order valence-corrected chi connectivity index (χ1v) is 7.60. The van der Waals surface area contributed by atoms with Gasteiger partial charge in [0.25, 0.3) is 0 Å². The van der Waals surface area contributed by atoms with Gasteiger partial charge < -0.3 is 10.2 Å². The summed E-state index contributed by atoms with van der Waals surface area (Å²) in [6.45, 7) is 4.49. The first-order chi connectivity index (χ1) is 8.58. The molecule has 2 rings (SSSR count). The van der Waals surface area contributed by atoms with Gasteiger partial charge in [-0.15, -0.1) is 0 Å². The highest BCUT2D eigenvalue weighted by molar-refractivity contribution is 5.82. The van der Waals surface area contributed by atoms with Crippen LogP contribution < -0.4 is 5.32 Å². The molecule has 1 N–H and O–H groups in total. The van der Waals surface area contributed by atoms with Crippen molar-refractivity contribution >= 4 is 5.91 Å². The van der Waals surface area contributed by atoms with Crippen LogP contribution >= 0.6 is 0 Å². The molecule has 0 aromatic rings. The van der Waals surface area contributed by atoms with Crippen LogP contribution in [0.4, 0.5) is 0 Å². The fourth-order valence-electron chi connectivity index (χ4n) is 3.51. The van der Waals surface area contributed by atoms with Crippen molar-refractivity contribution in [2.45, 2.75) is 76.9 Å². The average molecular weight is 252 g/mol. The summed E-state index contributed by atoms with van der Waals surface area (Å²) < 4.78 is 0. The summed E-state index contributed by atoms with van der Waals surface area (Å²) in [5.74, 6) is 1.10. The number of carbonyl (C=O) groups excluding carboxylic acids is 1. The summed E-state index contributed by atoms with van der Waals surface area (Å²) in [5, 5.41) is 3.46. The zero-order chi connectivity index (χ0) is 13.1. The predicted octanol–water partition coefficient (Wildman–Crippen LogP) is 2.55. The Bertz CT molecular complexity index is 292. The maximum absolute atomic E-state index is 12.5. The maximum atomic E-state index is 12.5. The molecule has 1 aliphatic heterocycles. The lowest BCUT2D eigenvalue weighted by atomic mass is 9.86. The number of hydrogen-bond donors (Lipinski definition) is 1. The Kier molecular flexibility index (Phi) is 4.66. The van der Waals surface area contributed by atoms with E-state index in [9.17, 15) is 4.79 Å². The minimum absolute atomic E-state index is 0.0657. The van der Waals surface area contributed by atoms with Gasteiger partial charge in [0.15, 0.2) is 0 Å². The lowest BCUT2D eigenvalue weighted by Crippen LogP contribution is -2.53. The van der Waals surface area contributed by atoms with Crippen molar-refractivity contribution in [1.82, 2.24) is 10.2 Å². The number of piperidine rings is 1. The van der Waals surface area contributed by atoms with Gasteiger partial charge in [0.1, 0.15) is 0 Å². The highest BCUT2D eigenvalue weighted by Crippen LogP contribution is 2.27. The second-order valence-corrected chi connectivity index (χ2v) is 6.43. The average Bonchev–Trinajstić information content (AvgIpc) is 2.37. The van der Waals surface area contributed by atoms with E-state index in [0.717, 1.165) is 12.3 Å². The topological polar surface area (TPSA) is 32.3 Å². The van der Waals surface area contributed by atoms with Crippen LogP contribution in [-0.2, 0) is 4.79 Å². The quantitative estimate of drug-likeness (QED) is 0.819. The van der Waals surface area contributed by atoms with Gasteiger partial charge in [0, 0.05) is 19.1 Å². The van der Waals surface area contributed by atoms with Crippen molar-refractivity contribution in [2.75, 3.05) is 7.05 Å². The molecular weight excluding hydrogens is 224 g/mol. The lowest BCUT2D eigenvalue weighted by molar-refractivity contribution is -0.136. The molecule has 2 fully saturated rings. The fourth-order valence-corrected chi connectivity index (χ4v) is 3.51. The van der Waals surface area contributed by atoms with Crippen molar-refractivity contribution in [3.63, 3.8) is 0 Å². The van der Waals surface area contributed by atoms with Gasteiger partial charge >= 0.3 is 0 Å². The number of likely N-dealkylation sites (N-methyl/N-ethyl adjacent to an activating group) is 1. The molecule has 3 nitrogen and oxygen atoms in total. The molecular formula is C15H28N2O. The molecule has 4 unspecified atom stereocenters. The van der Waals surface area contributed by atoms with E-state index in [2.05, 4.69) is 19.2 Å². The van der Waals surface area contributed by atoms with Gasteiger partial charge in [-0.1, -0.05) is 19.8 Å². The van der Waals surface area contributed by atoms with E-state index in [1.165, 1.54) is 38.5 Å². The van der Waals surface area contributed by atoms with Crippen molar-refractivity contribution in [2.24, 2.45) is 5.92 Å². The Morgan fingerprint density at radius 2 is 1.83 bits per heavy atom. The maximum Gasteiger partial charge on any atom is 0.239 e. The third-order valence-electron chi connectivity index (χ3n) is 4.72. The molecule has 0 aromatic heterocycles. The van der Waals surface area contributed by atoms with Crippen molar-refractivity contribution in [3.05, 3.63) is 0 Å². The van der Waals surface area contributed by atoms with Gasteiger partial charge in [0.2, 0.25) is 5.91 Å². The first kappa shape index (κ1) is 13.9. The largest absolute Gasteiger partial charge is 0.341 e. The Labute approximate surface area is 111 Å². The molecule has 1 saturated carbocycles. The molecule has 0 bridgehead atoms. The fraction of sp³-hybridized carbons (Fsp3) is 0.933. The monoisotopic (exact) mass is 252 g/mol. The predicted molar refractivity (Wildman–Crippen MR) is 74.4 cm³/mol. The van der Waals surface area contributed by atoms with Gasteiger partial charge in [-0.2, -0.15) is 0 Å². The molecule has 0 spiro atoms. The van der Waals surface area contributed by atoms with E-state index in [-0.39, 0.29) is 6.04 Å². The molecule has 1 aliphatic carbocycles. The number of hydrogen-bond acceptors (Lipinski definition) is 2. The summed E-state index contributed by atoms with van der Waals surface area (Å²) in [5.41, 5.74) is 0. The van der Waals surface area contributed by atoms with Crippen LogP contribution in [0.1, 0.15) is 58.8 Å². The summed E-state index contributed by atoms with van der Waals surface area (Å²) in [7, 11) is 2.01. The number of rotatable bonds is 2. The van der Waals surface area contributed by atoms with E-state index >= 15 is 0 Å². The van der Waals surface area contributed by atoms with Crippen LogP contribution in [0.25, 0.3) is 0 Å². The molecule has 3 heteroatoms. The first-order valence-electron chi connectivity index (χ1n) is 7.60. The standard InChI is InChI=1S/C15H28N2O/c1-11-6-4-8-13(10-11)17(3)15(18)14-9-5-7-12(2)16-14/h11-14,16H,4-10H2,1-3H3. The van der Waals surface area contributed by atoms with Gasteiger partial charge in [-0.3, -0.25) is 4.79 Å². The number of carbonyl (C=O) groups is 1. The summed E-state index contributed by atoms with van der Waals surface area (Å²) in [4.78, 5) is 14.5. The van der Waals surface area contributed by atoms with Crippen LogP contribution in [0.15, 0.2) is 0 Å². The van der Waals surface area contributed by atoms with E-state index in [0.29, 0.717) is 18.0 Å². The van der Waals surface area contributed by atoms with E-state index in [1.54, 1.807) is 0 Å². The molecule has 2 aliphatic rings. The summed E-state index contributed by atoms with van der Waals surface area (Å²) >= 11 is 0. The third kappa shape index (κ3) is 3.25. The van der Waals surface area contributed by atoms with E-state index in [1.807, 2.05) is 11.9 Å². The minimum atomic E-state index is 0.0657. The second kappa shape index (κ2) is 6.05. The van der Waals surface area contributed by atoms with Gasteiger partial charge in [-0.05, 0) is 44.9 Å². The molecule has 1 heterocycles. The Hall–Kier alpha value is -0.570. The smallest absolute Gasteiger partial charge is 0.239 e. The molecule has 1 amide bonds. The molecule has 1 saturated heterocycles. The van der Waals surface area contributed by atoms with Crippen molar-refractivity contribution in [1.29, 1.82) is 0 Å². The highest BCUT2D eigenvalue weighted by atomic mass is 16.2. The Morgan fingerprint density at radius 1 is 1.11 bits per heavy atom. The van der Waals surface area contributed by atoms with Crippen LogP contribution in [0.3, 0.4) is 0 Å². The highest BCUT2D eigenvalue weighted by Gasteiger charge is 2.31. The molecule has 104 valence electrons. The zero-order valence-electron chi connectivity index (χ0n) is 12.1. The minimum Gasteiger partial charge on any atom is -0.341 e. The van der Waals surface area contributed by atoms with E-state index < -0.39 is 0 Å².